The van der Waals surface area contributed by atoms with Gasteiger partial charge in [-0.05, 0) is 73.7 Å². The molecular weight excluding hydrogens is 494 g/mol. The van der Waals surface area contributed by atoms with Crippen LogP contribution < -0.4 is 0 Å². The van der Waals surface area contributed by atoms with Crippen LogP contribution in [0.25, 0.3) is 27.8 Å². The van der Waals surface area contributed by atoms with E-state index in [9.17, 15) is 0 Å². The highest BCUT2D eigenvalue weighted by molar-refractivity contribution is 6.13. The molecule has 1 heteroatoms. The molecule has 5 aromatic carbocycles. The van der Waals surface area contributed by atoms with E-state index in [1.165, 1.54) is 50.1 Å². The molecule has 1 nitrogen and oxygen atoms in total. The van der Waals surface area contributed by atoms with Gasteiger partial charge in [0, 0.05) is 5.41 Å². The van der Waals surface area contributed by atoms with E-state index in [1.54, 1.807) is 0 Å². The van der Waals surface area contributed by atoms with Gasteiger partial charge in [0.25, 0.3) is 0 Å². The third-order valence-corrected chi connectivity index (χ3v) is 8.75. The van der Waals surface area contributed by atoms with Crippen LogP contribution in [-0.2, 0) is 5.41 Å². The summed E-state index contributed by atoms with van der Waals surface area (Å²) in [4.78, 5) is 5.47. The highest BCUT2D eigenvalue weighted by Gasteiger charge is 2.37. The Kier molecular flexibility index (Phi) is 6.16. The summed E-state index contributed by atoms with van der Waals surface area (Å²) in [6, 6.07) is 45.5. The van der Waals surface area contributed by atoms with Crippen LogP contribution in [0.5, 0.6) is 0 Å². The molecule has 198 valence electrons. The van der Waals surface area contributed by atoms with Gasteiger partial charge in [0.15, 0.2) is 0 Å². The largest absolute Gasteiger partial charge is 0.272 e. The minimum Gasteiger partial charge on any atom is -0.272 e. The lowest BCUT2D eigenvalue weighted by Gasteiger charge is -2.23. The van der Waals surface area contributed by atoms with E-state index in [4.69, 9.17) is 4.99 Å². The van der Waals surface area contributed by atoms with Crippen LogP contribution in [0.1, 0.15) is 54.1 Å². The molecule has 1 aliphatic heterocycles. The summed E-state index contributed by atoms with van der Waals surface area (Å²) in [6.45, 7) is 9.34. The Morgan fingerprint density at radius 2 is 1.20 bits per heavy atom. The van der Waals surface area contributed by atoms with Gasteiger partial charge in [-0.3, -0.25) is 4.99 Å². The quantitative estimate of drug-likeness (QED) is 0.206. The van der Waals surface area contributed by atoms with E-state index in [0.29, 0.717) is 0 Å². The first-order valence-corrected chi connectivity index (χ1v) is 14.4. The molecule has 0 spiro atoms. The molecule has 0 amide bonds. The molecule has 0 N–H and O–H groups in total. The number of benzene rings is 5. The minimum absolute atomic E-state index is 0.0457. The molecule has 0 saturated heterocycles. The van der Waals surface area contributed by atoms with E-state index in [1.807, 2.05) is 0 Å². The minimum atomic E-state index is -0.167. The summed E-state index contributed by atoms with van der Waals surface area (Å²) in [5.74, 6) is 0. The molecule has 2 aliphatic rings. The van der Waals surface area contributed by atoms with Crippen molar-refractivity contribution in [1.29, 1.82) is 0 Å². The lowest BCUT2D eigenvalue weighted by Crippen LogP contribution is -2.14. The number of fused-ring (bicyclic) bond motifs is 3. The smallest absolute Gasteiger partial charge is 0.0973 e. The Labute approximate surface area is 243 Å². The second-order valence-electron chi connectivity index (χ2n) is 11.6. The van der Waals surface area contributed by atoms with Gasteiger partial charge in [0.05, 0.1) is 11.8 Å². The standard InChI is InChI=1S/C40H33N/c1-27-25-30(28-15-6-4-7-16-28)26-37(29-17-8-5-9-18-29)41-39(27)33-20-11-10-19-31(33)32-22-14-24-36-38(32)34-21-12-13-23-35(34)40(36,2)3/h4-24,26,39H,1,25H2,2-3H3. The number of aliphatic imine (C=N–C) groups is 1. The third kappa shape index (κ3) is 4.30. The van der Waals surface area contributed by atoms with Crippen LogP contribution in [0.15, 0.2) is 151 Å². The molecular formula is C40H33N. The predicted molar refractivity (Wildman–Crippen MR) is 173 cm³/mol. The van der Waals surface area contributed by atoms with Gasteiger partial charge in [0.1, 0.15) is 0 Å². The zero-order valence-electron chi connectivity index (χ0n) is 23.6. The summed E-state index contributed by atoms with van der Waals surface area (Å²) in [5, 5.41) is 0. The average Bonchev–Trinajstić information content (AvgIpc) is 3.13. The van der Waals surface area contributed by atoms with Crippen molar-refractivity contribution in [2.24, 2.45) is 4.99 Å². The van der Waals surface area contributed by atoms with Crippen LogP contribution in [0.2, 0.25) is 0 Å². The van der Waals surface area contributed by atoms with Gasteiger partial charge in [-0.1, -0.05) is 148 Å². The highest BCUT2D eigenvalue weighted by Crippen LogP contribution is 2.53. The first-order valence-electron chi connectivity index (χ1n) is 14.4. The van der Waals surface area contributed by atoms with E-state index >= 15 is 0 Å². The first kappa shape index (κ1) is 25.2. The maximum Gasteiger partial charge on any atom is 0.0973 e. The fraction of sp³-hybridized carbons (Fsp3) is 0.125. The van der Waals surface area contributed by atoms with Crippen LogP contribution in [0.3, 0.4) is 0 Å². The van der Waals surface area contributed by atoms with Crippen LogP contribution in [-0.4, -0.2) is 5.71 Å². The highest BCUT2D eigenvalue weighted by atomic mass is 14.8. The fourth-order valence-corrected chi connectivity index (χ4v) is 6.68. The summed E-state index contributed by atoms with van der Waals surface area (Å²) in [6.07, 6.45) is 3.03. The van der Waals surface area contributed by atoms with E-state index in [2.05, 4.69) is 154 Å². The van der Waals surface area contributed by atoms with Gasteiger partial charge < -0.3 is 0 Å². The lowest BCUT2D eigenvalue weighted by atomic mass is 9.81. The molecule has 1 unspecified atom stereocenters. The second kappa shape index (κ2) is 10.0. The number of allylic oxidation sites excluding steroid dienone is 2. The van der Waals surface area contributed by atoms with E-state index < -0.39 is 0 Å². The van der Waals surface area contributed by atoms with Crippen molar-refractivity contribution in [3.8, 4) is 22.3 Å². The van der Waals surface area contributed by atoms with Crippen molar-refractivity contribution >= 4 is 11.3 Å². The Morgan fingerprint density at radius 1 is 0.610 bits per heavy atom. The molecule has 0 radical (unpaired) electrons. The molecule has 1 heterocycles. The molecule has 7 rings (SSSR count). The van der Waals surface area contributed by atoms with Gasteiger partial charge in [-0.15, -0.1) is 0 Å². The zero-order chi connectivity index (χ0) is 28.0. The molecule has 0 saturated carbocycles. The molecule has 1 atom stereocenters. The fourth-order valence-electron chi connectivity index (χ4n) is 6.68. The van der Waals surface area contributed by atoms with Crippen molar-refractivity contribution in [3.63, 3.8) is 0 Å². The van der Waals surface area contributed by atoms with Gasteiger partial charge in [-0.2, -0.15) is 0 Å². The maximum absolute atomic E-state index is 5.47. The molecule has 5 aromatic rings. The molecule has 41 heavy (non-hydrogen) atoms. The van der Waals surface area contributed by atoms with Crippen molar-refractivity contribution in [2.75, 3.05) is 0 Å². The van der Waals surface area contributed by atoms with Crippen LogP contribution >= 0.6 is 0 Å². The number of rotatable bonds is 4. The van der Waals surface area contributed by atoms with Crippen LogP contribution in [0.4, 0.5) is 0 Å². The Hall–Kier alpha value is -4.75. The molecule has 0 bridgehead atoms. The Bertz CT molecular complexity index is 1840. The molecule has 0 fully saturated rings. The molecule has 1 aliphatic carbocycles. The van der Waals surface area contributed by atoms with E-state index in [-0.39, 0.29) is 11.5 Å². The third-order valence-electron chi connectivity index (χ3n) is 8.75. The van der Waals surface area contributed by atoms with Gasteiger partial charge in [-0.25, -0.2) is 0 Å². The normalized spacial score (nSPS) is 17.2. The van der Waals surface area contributed by atoms with E-state index in [0.717, 1.165) is 23.3 Å². The summed E-state index contributed by atoms with van der Waals surface area (Å²) >= 11 is 0. The first-order chi connectivity index (χ1) is 20.0. The van der Waals surface area contributed by atoms with Crippen molar-refractivity contribution in [3.05, 3.63) is 173 Å². The van der Waals surface area contributed by atoms with Crippen molar-refractivity contribution in [1.82, 2.24) is 0 Å². The van der Waals surface area contributed by atoms with Crippen molar-refractivity contribution in [2.45, 2.75) is 31.7 Å². The van der Waals surface area contributed by atoms with Crippen molar-refractivity contribution < 1.29 is 0 Å². The lowest BCUT2D eigenvalue weighted by molar-refractivity contribution is 0.660. The van der Waals surface area contributed by atoms with Gasteiger partial charge in [0.2, 0.25) is 0 Å². The monoisotopic (exact) mass is 527 g/mol. The predicted octanol–water partition coefficient (Wildman–Crippen LogP) is 10.2. The summed E-state index contributed by atoms with van der Waals surface area (Å²) in [5.41, 5.74) is 14.8. The topological polar surface area (TPSA) is 12.4 Å². The summed E-state index contributed by atoms with van der Waals surface area (Å²) < 4.78 is 0. The second-order valence-corrected chi connectivity index (χ2v) is 11.6. The number of hydrogen-bond acceptors (Lipinski definition) is 1. The SMILES string of the molecule is C=C1CC(c2ccccc2)=CC(c2ccccc2)=NC1c1ccccc1-c1cccc2c1-c1ccccc1C2(C)C. The van der Waals surface area contributed by atoms with Crippen LogP contribution in [0, 0.1) is 0 Å². The molecule has 0 aromatic heterocycles. The summed E-state index contributed by atoms with van der Waals surface area (Å²) in [7, 11) is 0. The average molecular weight is 528 g/mol. The zero-order valence-corrected chi connectivity index (χ0v) is 23.6. The maximum atomic E-state index is 5.47. The Balaban J connectivity index is 1.41. The number of nitrogens with zero attached hydrogens (tertiary/aromatic N) is 1. The van der Waals surface area contributed by atoms with Gasteiger partial charge >= 0.3 is 0 Å². The number of hydrogen-bond donors (Lipinski definition) is 0. The Morgan fingerprint density at radius 3 is 1.95 bits per heavy atom.